The van der Waals surface area contributed by atoms with Gasteiger partial charge in [0.2, 0.25) is 16.8 Å². The summed E-state index contributed by atoms with van der Waals surface area (Å²) < 4.78 is 47.1. The number of aromatic nitrogens is 1. The topological polar surface area (TPSA) is 116 Å². The Morgan fingerprint density at radius 1 is 1.12 bits per heavy atom. The minimum atomic E-state index is -4.16. The Morgan fingerprint density at radius 2 is 1.88 bits per heavy atom. The van der Waals surface area contributed by atoms with Gasteiger partial charge in [-0.15, -0.1) is 5.92 Å². The number of nitrogens with zero attached hydrogens (tertiary/aromatic N) is 1. The maximum atomic E-state index is 13.2. The molecule has 3 aromatic carbocycles. The Kier molecular flexibility index (Phi) is 8.13. The molecule has 1 aliphatic rings. The molecule has 5 rings (SSSR count). The maximum Gasteiger partial charge on any atom is 0.322 e. The lowest BCUT2D eigenvalue weighted by Crippen LogP contribution is -2.42. The number of sulfonamides is 1. The zero-order valence-electron chi connectivity index (χ0n) is 22.3. The lowest BCUT2D eigenvalue weighted by Gasteiger charge is -2.16. The van der Waals surface area contributed by atoms with Crippen LogP contribution in [-0.2, 0) is 27.8 Å². The van der Waals surface area contributed by atoms with Crippen molar-refractivity contribution < 1.29 is 32.5 Å². The van der Waals surface area contributed by atoms with Gasteiger partial charge in [0.1, 0.15) is 18.4 Å². The highest BCUT2D eigenvalue weighted by Crippen LogP contribution is 2.35. The van der Waals surface area contributed by atoms with Gasteiger partial charge in [0.05, 0.1) is 4.90 Å². The summed E-state index contributed by atoms with van der Waals surface area (Å²) in [5.41, 5.74) is 3.27. The van der Waals surface area contributed by atoms with Crippen LogP contribution >= 0.6 is 11.6 Å². The summed E-state index contributed by atoms with van der Waals surface area (Å²) in [5.74, 6) is 5.96. The number of nitrogens with one attached hydrogen (secondary N) is 1. The van der Waals surface area contributed by atoms with Gasteiger partial charge in [-0.25, -0.2) is 8.42 Å². The van der Waals surface area contributed by atoms with Crippen molar-refractivity contribution in [2.45, 2.75) is 37.8 Å². The van der Waals surface area contributed by atoms with Gasteiger partial charge in [-0.2, -0.15) is 4.72 Å². The lowest BCUT2D eigenvalue weighted by atomic mass is 10.0. The fourth-order valence-corrected chi connectivity index (χ4v) is 6.11. The highest BCUT2D eigenvalue weighted by Gasteiger charge is 2.28. The zero-order valence-corrected chi connectivity index (χ0v) is 23.9. The molecule has 4 aromatic rings. The molecular formula is C30H27ClN2O7S. The normalized spacial score (nSPS) is 13.0. The molecular weight excluding hydrogens is 568 g/mol. The van der Waals surface area contributed by atoms with Gasteiger partial charge in [-0.3, -0.25) is 4.79 Å². The number of aliphatic carboxylic acids is 1. The molecule has 0 bridgehead atoms. The molecule has 212 valence electrons. The molecule has 0 fully saturated rings. The molecule has 1 atom stereocenters. The van der Waals surface area contributed by atoms with Crippen LogP contribution < -0.4 is 18.9 Å². The van der Waals surface area contributed by atoms with E-state index >= 15 is 0 Å². The van der Waals surface area contributed by atoms with E-state index < -0.39 is 22.0 Å². The highest BCUT2D eigenvalue weighted by atomic mass is 35.5. The number of hydrogen-bond donors (Lipinski definition) is 2. The molecule has 11 heteroatoms. The van der Waals surface area contributed by atoms with Crippen molar-refractivity contribution in [2.24, 2.45) is 0 Å². The summed E-state index contributed by atoms with van der Waals surface area (Å²) in [4.78, 5) is 12.2. The van der Waals surface area contributed by atoms with Crippen LogP contribution in [0.4, 0.5) is 0 Å². The van der Waals surface area contributed by atoms with Crippen molar-refractivity contribution in [3.05, 3.63) is 82.5 Å². The van der Waals surface area contributed by atoms with Crippen molar-refractivity contribution >= 4 is 38.5 Å². The van der Waals surface area contributed by atoms with E-state index in [1.807, 2.05) is 35.8 Å². The van der Waals surface area contributed by atoms with E-state index in [1.54, 1.807) is 19.1 Å². The Morgan fingerprint density at radius 3 is 2.61 bits per heavy atom. The number of fused-ring (bicyclic) bond motifs is 2. The van der Waals surface area contributed by atoms with E-state index in [1.165, 1.54) is 24.3 Å². The zero-order chi connectivity index (χ0) is 29.1. The first-order valence-electron chi connectivity index (χ1n) is 12.7. The first kappa shape index (κ1) is 28.4. The molecule has 1 aliphatic heterocycles. The molecule has 2 N–H and O–H groups in total. The van der Waals surface area contributed by atoms with Crippen LogP contribution in [-0.4, -0.2) is 43.5 Å². The van der Waals surface area contributed by atoms with E-state index in [-0.39, 0.29) is 24.7 Å². The van der Waals surface area contributed by atoms with E-state index in [2.05, 4.69) is 16.6 Å². The average molecular weight is 595 g/mol. The van der Waals surface area contributed by atoms with Crippen LogP contribution in [0.1, 0.15) is 23.7 Å². The minimum absolute atomic E-state index is 0.0809. The minimum Gasteiger partial charge on any atom is -0.481 e. The Hall–Kier alpha value is -4.17. The van der Waals surface area contributed by atoms with Gasteiger partial charge in [-0.05, 0) is 79.6 Å². The molecule has 41 heavy (non-hydrogen) atoms. The number of hydrogen-bond acceptors (Lipinski definition) is 6. The summed E-state index contributed by atoms with van der Waals surface area (Å²) in [6.07, 6.45) is -0.0950. The third kappa shape index (κ3) is 6.12. The third-order valence-corrected chi connectivity index (χ3v) is 8.54. The number of halogens is 1. The first-order chi connectivity index (χ1) is 19.7. The van der Waals surface area contributed by atoms with Crippen molar-refractivity contribution in [3.8, 4) is 29.1 Å². The smallest absolute Gasteiger partial charge is 0.322 e. The molecule has 0 spiro atoms. The van der Waals surface area contributed by atoms with Gasteiger partial charge < -0.3 is 23.9 Å². The molecule has 0 unspecified atom stereocenters. The molecule has 9 nitrogen and oxygen atoms in total. The van der Waals surface area contributed by atoms with Gasteiger partial charge in [0, 0.05) is 34.6 Å². The number of carboxylic acids is 1. The van der Waals surface area contributed by atoms with E-state index in [0.717, 1.165) is 22.2 Å². The second kappa shape index (κ2) is 11.7. The van der Waals surface area contributed by atoms with Gasteiger partial charge in [-0.1, -0.05) is 23.6 Å². The van der Waals surface area contributed by atoms with Crippen molar-refractivity contribution in [2.75, 3.05) is 13.4 Å². The summed E-state index contributed by atoms with van der Waals surface area (Å²) in [6.45, 7) is 4.39. The van der Waals surface area contributed by atoms with Gasteiger partial charge in [0.15, 0.2) is 11.5 Å². The summed E-state index contributed by atoms with van der Waals surface area (Å²) in [6, 6.07) is 15.4. The summed E-state index contributed by atoms with van der Waals surface area (Å²) in [7, 11) is -4.16. The van der Waals surface area contributed by atoms with Crippen LogP contribution in [0.5, 0.6) is 17.2 Å². The van der Waals surface area contributed by atoms with Crippen LogP contribution in [0.25, 0.3) is 10.9 Å². The molecule has 0 aliphatic carbocycles. The van der Waals surface area contributed by atoms with Crippen LogP contribution in [0.2, 0.25) is 5.02 Å². The Bertz CT molecular complexity index is 1790. The number of carbonyl (C=O) groups is 1. The van der Waals surface area contributed by atoms with Crippen molar-refractivity contribution in [3.63, 3.8) is 0 Å². The fraction of sp³-hybridized carbons (Fsp3) is 0.233. The Balaban J connectivity index is 1.43. The molecule has 0 saturated heterocycles. The number of rotatable bonds is 10. The molecule has 0 saturated carbocycles. The molecule has 2 heterocycles. The molecule has 1 aromatic heterocycles. The fourth-order valence-electron chi connectivity index (χ4n) is 4.75. The second-order valence-corrected chi connectivity index (χ2v) is 11.6. The molecule has 0 amide bonds. The van der Waals surface area contributed by atoms with E-state index in [0.29, 0.717) is 34.4 Å². The number of benzene rings is 3. The summed E-state index contributed by atoms with van der Waals surface area (Å²) in [5, 5.41) is 11.3. The maximum absolute atomic E-state index is 13.2. The molecule has 0 radical (unpaired) electrons. The largest absolute Gasteiger partial charge is 0.481 e. The standard InChI is InChI=1S/C30H27ClN2O7S/c1-3-4-13-38-22-7-9-23(10-8-22)41(36,37)32-26(30(34)35)16-24-19(2)33(27-11-6-21(31)15-25(24)27)17-20-5-12-28-29(14-20)40-18-39-28/h5-12,14-15,26,32H,13,16-18H2,1-2H3,(H,34,35)/t26-/m0/s1. The first-order valence-corrected chi connectivity index (χ1v) is 14.6. The van der Waals surface area contributed by atoms with Crippen molar-refractivity contribution in [1.29, 1.82) is 0 Å². The number of carboxylic acid groups (broad SMARTS) is 1. The number of ether oxygens (including phenoxy) is 3. The second-order valence-electron chi connectivity index (χ2n) is 9.40. The lowest BCUT2D eigenvalue weighted by molar-refractivity contribution is -0.138. The highest BCUT2D eigenvalue weighted by molar-refractivity contribution is 7.89. The van der Waals surface area contributed by atoms with Gasteiger partial charge >= 0.3 is 5.97 Å². The third-order valence-electron chi connectivity index (χ3n) is 6.82. The van der Waals surface area contributed by atoms with E-state index in [4.69, 9.17) is 25.8 Å². The van der Waals surface area contributed by atoms with Crippen LogP contribution in [0, 0.1) is 18.8 Å². The van der Waals surface area contributed by atoms with Crippen LogP contribution in [0.3, 0.4) is 0 Å². The Labute approximate surface area is 242 Å². The monoisotopic (exact) mass is 594 g/mol. The quantitative estimate of drug-likeness (QED) is 0.254. The summed E-state index contributed by atoms with van der Waals surface area (Å²) >= 11 is 6.33. The van der Waals surface area contributed by atoms with Crippen molar-refractivity contribution in [1.82, 2.24) is 9.29 Å². The van der Waals surface area contributed by atoms with Gasteiger partial charge in [0.25, 0.3) is 0 Å². The SMILES string of the molecule is CC#CCOc1ccc(S(=O)(=O)N[C@@H](Cc2c(C)n(Cc3ccc4c(c3)OCO4)c3ccc(Cl)cc23)C(=O)O)cc1. The van der Waals surface area contributed by atoms with Crippen LogP contribution in [0.15, 0.2) is 65.6 Å². The average Bonchev–Trinajstić information content (AvgIpc) is 3.51. The predicted octanol–water partition coefficient (Wildman–Crippen LogP) is 4.76. The predicted molar refractivity (Wildman–Crippen MR) is 154 cm³/mol. The van der Waals surface area contributed by atoms with E-state index in [9.17, 15) is 18.3 Å².